The smallest absolute Gasteiger partial charge is 0.348 e. The number of amidine groups is 1. The number of ether oxygens (including phenoxy) is 2. The Kier molecular flexibility index (Phi) is 6.48. The van der Waals surface area contributed by atoms with Gasteiger partial charge in [-0.25, -0.2) is 4.79 Å². The van der Waals surface area contributed by atoms with E-state index in [-0.39, 0.29) is 30.7 Å². The first kappa shape index (κ1) is 20.4. The number of urea groups is 1. The average Bonchev–Trinajstić information content (AvgIpc) is 3.03. The largest absolute Gasteiger partial charge is 0.466 e. The highest BCUT2D eigenvalue weighted by Crippen LogP contribution is 2.19. The number of esters is 1. The second-order valence-electron chi connectivity index (χ2n) is 6.62. The molecule has 0 saturated heterocycles. The van der Waals surface area contributed by atoms with Crippen LogP contribution in [0.25, 0.3) is 0 Å². The summed E-state index contributed by atoms with van der Waals surface area (Å²) in [5.41, 5.74) is 2.16. The Morgan fingerprint density at radius 3 is 2.83 bits per heavy atom. The maximum atomic E-state index is 12.5. The molecule has 3 amide bonds. The van der Waals surface area contributed by atoms with E-state index in [0.29, 0.717) is 26.2 Å². The zero-order valence-electron chi connectivity index (χ0n) is 16.5. The molecule has 1 N–H and O–H groups in total. The summed E-state index contributed by atoms with van der Waals surface area (Å²) >= 11 is 0. The van der Waals surface area contributed by atoms with Crippen LogP contribution in [0.15, 0.2) is 41.2 Å². The number of carbonyl (C=O) groups excluding carboxylic acids is 3. The lowest BCUT2D eigenvalue weighted by Crippen LogP contribution is -2.32. The van der Waals surface area contributed by atoms with Crippen LogP contribution in [-0.4, -0.2) is 60.0 Å². The summed E-state index contributed by atoms with van der Waals surface area (Å²) in [4.78, 5) is 43.3. The number of amides is 3. The van der Waals surface area contributed by atoms with Gasteiger partial charge in [-0.2, -0.15) is 0 Å². The monoisotopic (exact) mass is 400 g/mol. The van der Waals surface area contributed by atoms with Crippen molar-refractivity contribution in [2.75, 3.05) is 26.2 Å². The molecule has 0 unspecified atom stereocenters. The first-order valence-corrected chi connectivity index (χ1v) is 9.50. The van der Waals surface area contributed by atoms with Crippen LogP contribution in [0.4, 0.5) is 4.79 Å². The molecule has 3 rings (SSSR count). The molecule has 2 heterocycles. The molecule has 9 heteroatoms. The number of aliphatic imine (C=N–C) groups is 1. The van der Waals surface area contributed by atoms with Gasteiger partial charge in [0, 0.05) is 26.2 Å². The summed E-state index contributed by atoms with van der Waals surface area (Å²) in [6.45, 7) is 5.50. The summed E-state index contributed by atoms with van der Waals surface area (Å²) in [7, 11) is 0. The Hall–Kier alpha value is -3.36. The van der Waals surface area contributed by atoms with Gasteiger partial charge in [-0.1, -0.05) is 24.3 Å². The molecule has 0 saturated carbocycles. The van der Waals surface area contributed by atoms with E-state index in [2.05, 4.69) is 10.3 Å². The molecule has 0 aromatic heterocycles. The Balaban J connectivity index is 1.56. The molecule has 1 aromatic rings. The second kappa shape index (κ2) is 9.22. The number of carbonyl (C=O) groups is 3. The van der Waals surface area contributed by atoms with Crippen molar-refractivity contribution in [1.29, 1.82) is 0 Å². The third-order valence-electron chi connectivity index (χ3n) is 4.56. The van der Waals surface area contributed by atoms with Crippen LogP contribution >= 0.6 is 0 Å². The zero-order valence-corrected chi connectivity index (χ0v) is 16.5. The topological polar surface area (TPSA) is 101 Å². The number of rotatable bonds is 7. The van der Waals surface area contributed by atoms with Crippen molar-refractivity contribution in [1.82, 2.24) is 15.1 Å². The summed E-state index contributed by atoms with van der Waals surface area (Å²) in [5.74, 6) is -0.825. The van der Waals surface area contributed by atoms with Gasteiger partial charge in [0.25, 0.3) is 5.91 Å². The van der Waals surface area contributed by atoms with Crippen molar-refractivity contribution < 1.29 is 23.9 Å². The number of benzene rings is 1. The third-order valence-corrected chi connectivity index (χ3v) is 4.56. The van der Waals surface area contributed by atoms with E-state index in [0.717, 1.165) is 11.1 Å². The van der Waals surface area contributed by atoms with Crippen molar-refractivity contribution in [2.45, 2.75) is 26.8 Å². The highest BCUT2D eigenvalue weighted by atomic mass is 16.5. The van der Waals surface area contributed by atoms with E-state index in [1.165, 1.54) is 6.20 Å². The van der Waals surface area contributed by atoms with E-state index in [9.17, 15) is 14.4 Å². The number of nitrogens with zero attached hydrogens (tertiary/aromatic N) is 3. The van der Waals surface area contributed by atoms with Crippen LogP contribution < -0.4 is 5.32 Å². The predicted molar refractivity (Wildman–Crippen MR) is 105 cm³/mol. The quantitative estimate of drug-likeness (QED) is 0.697. The average molecular weight is 400 g/mol. The fourth-order valence-corrected chi connectivity index (χ4v) is 2.95. The Morgan fingerprint density at radius 1 is 1.28 bits per heavy atom. The Bertz CT molecular complexity index is 864. The molecule has 1 aromatic carbocycles. The van der Waals surface area contributed by atoms with Crippen LogP contribution in [0.2, 0.25) is 0 Å². The molecule has 0 aliphatic carbocycles. The number of hydrogen-bond donors (Lipinski definition) is 1. The van der Waals surface area contributed by atoms with Gasteiger partial charge in [0.05, 0.1) is 19.2 Å². The molecule has 0 spiro atoms. The van der Waals surface area contributed by atoms with Gasteiger partial charge in [0.1, 0.15) is 0 Å². The number of nitrogens with one attached hydrogen (secondary N) is 1. The molecular weight excluding hydrogens is 376 g/mol. The van der Waals surface area contributed by atoms with E-state index in [1.54, 1.807) is 16.7 Å². The fraction of sp³-hybridized carbons (Fsp3) is 0.400. The molecule has 9 nitrogen and oxygen atoms in total. The van der Waals surface area contributed by atoms with Gasteiger partial charge in [0.15, 0.2) is 0 Å². The molecule has 0 fully saturated rings. The maximum absolute atomic E-state index is 12.5. The van der Waals surface area contributed by atoms with Gasteiger partial charge in [-0.05, 0) is 25.0 Å². The number of hydrogen-bond acceptors (Lipinski definition) is 6. The number of aryl methyl sites for hydroxylation is 1. The molecule has 29 heavy (non-hydrogen) atoms. The summed E-state index contributed by atoms with van der Waals surface area (Å²) in [6, 6.07) is 7.54. The fourth-order valence-electron chi connectivity index (χ4n) is 2.95. The Morgan fingerprint density at radius 2 is 2.07 bits per heavy atom. The van der Waals surface area contributed by atoms with E-state index in [4.69, 9.17) is 9.47 Å². The van der Waals surface area contributed by atoms with Gasteiger partial charge >= 0.3 is 18.0 Å². The van der Waals surface area contributed by atoms with E-state index >= 15 is 0 Å². The highest BCUT2D eigenvalue weighted by molar-refractivity contribution is 6.00. The summed E-state index contributed by atoms with van der Waals surface area (Å²) in [6.07, 6.45) is 1.59. The summed E-state index contributed by atoms with van der Waals surface area (Å²) < 4.78 is 10.3. The minimum absolute atomic E-state index is 0.0350. The van der Waals surface area contributed by atoms with Crippen molar-refractivity contribution in [3.05, 3.63) is 47.4 Å². The molecule has 0 radical (unpaired) electrons. The third kappa shape index (κ3) is 5.13. The maximum Gasteiger partial charge on any atom is 0.348 e. The minimum atomic E-state index is -0.478. The molecule has 154 valence electrons. The lowest BCUT2D eigenvalue weighted by molar-refractivity contribution is -0.143. The van der Waals surface area contributed by atoms with Crippen LogP contribution in [-0.2, 0) is 25.6 Å². The van der Waals surface area contributed by atoms with Crippen molar-refractivity contribution >= 4 is 23.9 Å². The van der Waals surface area contributed by atoms with Crippen molar-refractivity contribution in [2.24, 2.45) is 4.99 Å². The lowest BCUT2D eigenvalue weighted by atomic mass is 10.1. The van der Waals surface area contributed by atoms with Crippen LogP contribution in [0.3, 0.4) is 0 Å². The highest BCUT2D eigenvalue weighted by Gasteiger charge is 2.31. The van der Waals surface area contributed by atoms with Crippen molar-refractivity contribution in [3.8, 4) is 0 Å². The van der Waals surface area contributed by atoms with Gasteiger partial charge < -0.3 is 19.7 Å². The molecule has 0 bridgehead atoms. The van der Waals surface area contributed by atoms with E-state index in [1.807, 2.05) is 31.2 Å². The van der Waals surface area contributed by atoms with Crippen LogP contribution in [0, 0.1) is 6.92 Å². The predicted octanol–water partition coefficient (Wildman–Crippen LogP) is 1.53. The molecular formula is C20H24N4O5. The summed E-state index contributed by atoms with van der Waals surface area (Å²) in [5, 5.41) is 2.59. The van der Waals surface area contributed by atoms with Crippen molar-refractivity contribution in [3.63, 3.8) is 0 Å². The second-order valence-corrected chi connectivity index (χ2v) is 6.62. The van der Waals surface area contributed by atoms with Gasteiger partial charge in [-0.3, -0.25) is 14.5 Å². The first-order chi connectivity index (χ1) is 14.0. The first-order valence-electron chi connectivity index (χ1n) is 9.50. The zero-order chi connectivity index (χ0) is 20.8. The van der Waals surface area contributed by atoms with Gasteiger partial charge in [0.2, 0.25) is 5.76 Å². The van der Waals surface area contributed by atoms with E-state index < -0.39 is 11.9 Å². The lowest BCUT2D eigenvalue weighted by Gasteiger charge is -2.20. The normalized spacial score (nSPS) is 15.7. The van der Waals surface area contributed by atoms with Crippen LogP contribution in [0.5, 0.6) is 0 Å². The standard InChI is InChI=1S/C20H24N4O5/c1-3-28-17(25)8-9-21-18(26)16-13-24-11-10-23(19(27)22-20(24)29-16)12-15-7-5-4-6-14(15)2/h4-7,13H,3,8-12H2,1-2H3,(H,21,26). The Labute approximate surface area is 169 Å². The minimum Gasteiger partial charge on any atom is -0.466 e. The molecule has 2 aliphatic rings. The number of fused-ring (bicyclic) bond motifs is 1. The molecule has 2 aliphatic heterocycles. The SMILES string of the molecule is CCOC(=O)CCNC(=O)C1=CN2CCN(Cc3ccccc3C)C(=O)N=C2O1. The van der Waals surface area contributed by atoms with Crippen LogP contribution in [0.1, 0.15) is 24.5 Å². The van der Waals surface area contributed by atoms with Gasteiger partial charge in [-0.15, -0.1) is 4.99 Å². The molecule has 0 atom stereocenters.